The first kappa shape index (κ1) is 17.0. The maximum atomic E-state index is 11.7. The number of hydrogen-bond donors (Lipinski definition) is 0. The fourth-order valence-electron chi connectivity index (χ4n) is 5.06. The summed E-state index contributed by atoms with van der Waals surface area (Å²) in [5.41, 5.74) is 8.08. The molecule has 0 saturated heterocycles. The lowest BCUT2D eigenvalue weighted by Crippen LogP contribution is -2.47. The molecule has 4 aliphatic carbocycles. The highest BCUT2D eigenvalue weighted by Gasteiger charge is 2.55. The molecule has 138 valence electrons. The Morgan fingerprint density at radius 2 is 1.43 bits per heavy atom. The van der Waals surface area contributed by atoms with Gasteiger partial charge in [0.15, 0.2) is 0 Å². The van der Waals surface area contributed by atoms with E-state index in [-0.39, 0.29) is 16.8 Å². The van der Waals surface area contributed by atoms with Crippen LogP contribution in [0.15, 0.2) is 101 Å². The van der Waals surface area contributed by atoms with Crippen molar-refractivity contribution < 1.29 is 9.53 Å². The van der Waals surface area contributed by atoms with E-state index in [2.05, 4.69) is 68.5 Å². The minimum absolute atomic E-state index is 0.0524. The van der Waals surface area contributed by atoms with Crippen molar-refractivity contribution in [1.82, 2.24) is 0 Å². The summed E-state index contributed by atoms with van der Waals surface area (Å²) < 4.78 is 4.81. The van der Waals surface area contributed by atoms with Crippen molar-refractivity contribution in [2.75, 3.05) is 7.11 Å². The van der Waals surface area contributed by atoms with Crippen molar-refractivity contribution in [3.8, 4) is 0 Å². The van der Waals surface area contributed by atoms with Crippen LogP contribution in [0.25, 0.3) is 5.57 Å². The lowest BCUT2D eigenvalue weighted by atomic mass is 9.46. The maximum absolute atomic E-state index is 11.7. The molecule has 1 aromatic rings. The van der Waals surface area contributed by atoms with Crippen LogP contribution in [-0.4, -0.2) is 13.1 Å². The summed E-state index contributed by atoms with van der Waals surface area (Å²) in [6, 6.07) is 7.63. The largest absolute Gasteiger partial charge is 0.465 e. The highest BCUT2D eigenvalue weighted by Crippen LogP contribution is 2.65. The van der Waals surface area contributed by atoms with Gasteiger partial charge in [0.2, 0.25) is 0 Å². The van der Waals surface area contributed by atoms with Gasteiger partial charge in [-0.25, -0.2) is 4.79 Å². The molecule has 0 heterocycles. The normalized spacial score (nSPS) is 29.0. The number of benzene rings is 1. The van der Waals surface area contributed by atoms with Gasteiger partial charge in [-0.05, 0) is 45.6 Å². The molecule has 0 radical (unpaired) electrons. The number of carbonyl (C=O) groups excluding carboxylic acids is 1. The Labute approximate surface area is 165 Å². The van der Waals surface area contributed by atoms with E-state index in [1.54, 1.807) is 0 Å². The van der Waals surface area contributed by atoms with Gasteiger partial charge in [-0.1, -0.05) is 80.7 Å². The fraction of sp³-hybridized carbons (Fsp3) is 0.192. The van der Waals surface area contributed by atoms with Gasteiger partial charge in [0.25, 0.3) is 0 Å². The number of esters is 1. The first-order valence-electron chi connectivity index (χ1n) is 9.61. The van der Waals surface area contributed by atoms with Crippen molar-refractivity contribution in [3.05, 3.63) is 112 Å². The van der Waals surface area contributed by atoms with Crippen LogP contribution in [0.2, 0.25) is 0 Å². The molecular formula is C26H22O2. The lowest BCUT2D eigenvalue weighted by molar-refractivity contribution is 0.0600. The van der Waals surface area contributed by atoms with Crippen LogP contribution in [0.3, 0.4) is 0 Å². The number of hydrogen-bond acceptors (Lipinski definition) is 2. The van der Waals surface area contributed by atoms with Crippen LogP contribution < -0.4 is 0 Å². The van der Waals surface area contributed by atoms with E-state index >= 15 is 0 Å². The summed E-state index contributed by atoms with van der Waals surface area (Å²) in [7, 11) is 1.40. The monoisotopic (exact) mass is 366 g/mol. The second-order valence-electron chi connectivity index (χ2n) is 8.08. The van der Waals surface area contributed by atoms with Crippen molar-refractivity contribution in [2.45, 2.75) is 13.8 Å². The molecule has 4 aliphatic rings. The number of ether oxygens (including phenoxy) is 1. The summed E-state index contributed by atoms with van der Waals surface area (Å²) >= 11 is 0. The zero-order valence-corrected chi connectivity index (χ0v) is 16.3. The summed E-state index contributed by atoms with van der Waals surface area (Å²) in [5.74, 6) is -0.310. The highest BCUT2D eigenvalue weighted by atomic mass is 16.5. The molecule has 5 rings (SSSR count). The van der Waals surface area contributed by atoms with Gasteiger partial charge in [0.1, 0.15) is 0 Å². The molecule has 0 aromatic heterocycles. The molecule has 0 bridgehead atoms. The molecular weight excluding hydrogens is 344 g/mol. The lowest BCUT2D eigenvalue weighted by Gasteiger charge is -2.56. The predicted molar refractivity (Wildman–Crippen MR) is 113 cm³/mol. The van der Waals surface area contributed by atoms with Gasteiger partial charge < -0.3 is 4.74 Å². The minimum atomic E-state index is -0.310. The van der Waals surface area contributed by atoms with Gasteiger partial charge in [0, 0.05) is 10.8 Å². The molecule has 0 N–H and O–H groups in total. The van der Waals surface area contributed by atoms with Gasteiger partial charge >= 0.3 is 5.97 Å². The SMILES string of the molecule is COC(=O)c1ccc(C2=CC3=CC=C4C=CC=C5C=CC(=C2)C3(C)C54C)cc1. The van der Waals surface area contributed by atoms with Crippen LogP contribution >= 0.6 is 0 Å². The van der Waals surface area contributed by atoms with Gasteiger partial charge in [-0.3, -0.25) is 0 Å². The Balaban J connectivity index is 1.65. The number of methoxy groups -OCH3 is 1. The Hall–Kier alpha value is -3.13. The third-order valence-corrected chi connectivity index (χ3v) is 7.01. The first-order valence-corrected chi connectivity index (χ1v) is 9.61. The molecule has 28 heavy (non-hydrogen) atoms. The molecule has 2 nitrogen and oxygen atoms in total. The van der Waals surface area contributed by atoms with E-state index in [1.807, 2.05) is 24.3 Å². The van der Waals surface area contributed by atoms with E-state index < -0.39 is 0 Å². The molecule has 0 amide bonds. The summed E-state index contributed by atoms with van der Waals surface area (Å²) in [4.78, 5) is 11.7. The van der Waals surface area contributed by atoms with E-state index in [0.29, 0.717) is 5.56 Å². The van der Waals surface area contributed by atoms with Crippen molar-refractivity contribution in [3.63, 3.8) is 0 Å². The maximum Gasteiger partial charge on any atom is 0.337 e. The van der Waals surface area contributed by atoms with Crippen LogP contribution in [0.1, 0.15) is 29.8 Å². The number of allylic oxidation sites excluding steroid dienone is 14. The van der Waals surface area contributed by atoms with Gasteiger partial charge in [0.05, 0.1) is 12.7 Å². The van der Waals surface area contributed by atoms with Gasteiger partial charge in [-0.15, -0.1) is 0 Å². The minimum Gasteiger partial charge on any atom is -0.465 e. The molecule has 0 fully saturated rings. The molecule has 0 spiro atoms. The van der Waals surface area contributed by atoms with E-state index in [1.165, 1.54) is 35.0 Å². The standard InChI is InChI=1S/C26H22O2/c1-25-20-5-4-6-21(25)12-14-23-16-19(15-22(13-11-20)26(23,25)2)17-7-9-18(10-8-17)24(27)28-3/h4-16H,1-3H3. The summed E-state index contributed by atoms with van der Waals surface area (Å²) in [6.07, 6.45) is 20.3. The Kier molecular flexibility index (Phi) is 3.45. The third-order valence-electron chi connectivity index (χ3n) is 7.01. The van der Waals surface area contributed by atoms with E-state index in [9.17, 15) is 4.79 Å². The van der Waals surface area contributed by atoms with Crippen LogP contribution in [0.5, 0.6) is 0 Å². The van der Waals surface area contributed by atoms with Crippen LogP contribution in [0, 0.1) is 10.8 Å². The average molecular weight is 366 g/mol. The first-order chi connectivity index (χ1) is 13.5. The Bertz CT molecular complexity index is 1120. The second kappa shape index (κ2) is 5.68. The van der Waals surface area contributed by atoms with Crippen LogP contribution in [0.4, 0.5) is 0 Å². The zero-order chi connectivity index (χ0) is 19.5. The third kappa shape index (κ3) is 2.00. The highest BCUT2D eigenvalue weighted by molar-refractivity contribution is 5.90. The predicted octanol–water partition coefficient (Wildman–Crippen LogP) is 5.74. The zero-order valence-electron chi connectivity index (χ0n) is 16.3. The molecule has 0 saturated carbocycles. The molecule has 2 heteroatoms. The molecule has 1 aromatic carbocycles. The van der Waals surface area contributed by atoms with Crippen molar-refractivity contribution in [2.24, 2.45) is 10.8 Å². The average Bonchev–Trinajstić information content (AvgIpc) is 2.72. The van der Waals surface area contributed by atoms with E-state index in [0.717, 1.165) is 5.56 Å². The van der Waals surface area contributed by atoms with Gasteiger partial charge in [-0.2, -0.15) is 0 Å². The smallest absolute Gasteiger partial charge is 0.337 e. The summed E-state index contributed by atoms with van der Waals surface area (Å²) in [5, 5.41) is 0. The molecule has 2 atom stereocenters. The molecule has 0 aliphatic heterocycles. The summed E-state index contributed by atoms with van der Waals surface area (Å²) in [6.45, 7) is 4.73. The van der Waals surface area contributed by atoms with E-state index in [4.69, 9.17) is 4.74 Å². The Morgan fingerprint density at radius 1 is 0.786 bits per heavy atom. The van der Waals surface area contributed by atoms with Crippen molar-refractivity contribution in [1.29, 1.82) is 0 Å². The van der Waals surface area contributed by atoms with Crippen molar-refractivity contribution >= 4 is 11.5 Å². The Morgan fingerprint density at radius 3 is 2.18 bits per heavy atom. The quantitative estimate of drug-likeness (QED) is 0.624. The molecule has 2 unspecified atom stereocenters. The number of rotatable bonds is 2. The topological polar surface area (TPSA) is 26.3 Å². The fourth-order valence-corrected chi connectivity index (χ4v) is 5.06. The number of carbonyl (C=O) groups is 1. The van der Waals surface area contributed by atoms with Crippen LogP contribution in [-0.2, 0) is 4.74 Å². The second-order valence-corrected chi connectivity index (χ2v) is 8.08.